The molecule has 2 saturated carbocycles. The van der Waals surface area contributed by atoms with Gasteiger partial charge in [-0.25, -0.2) is 8.78 Å². The van der Waals surface area contributed by atoms with Gasteiger partial charge in [0.2, 0.25) is 12.3 Å². The zero-order chi connectivity index (χ0) is 8.82. The molecule has 1 amide bonds. The van der Waals surface area contributed by atoms with Gasteiger partial charge in [-0.2, -0.15) is 0 Å². The minimum absolute atomic E-state index is 0.0248. The number of alkyl halides is 2. The molecule has 0 saturated heterocycles. The second-order valence-corrected chi connectivity index (χ2v) is 4.10. The van der Waals surface area contributed by atoms with Crippen LogP contribution in [0.1, 0.15) is 25.7 Å². The third kappa shape index (κ3) is 1.09. The highest BCUT2D eigenvalue weighted by Crippen LogP contribution is 2.62. The van der Waals surface area contributed by atoms with Gasteiger partial charge in [-0.15, -0.1) is 0 Å². The number of amides is 1. The largest absolute Gasteiger partial charge is 0.356 e. The van der Waals surface area contributed by atoms with Gasteiger partial charge in [0.25, 0.3) is 0 Å². The Morgan fingerprint density at radius 2 is 1.92 bits per heavy atom. The second kappa shape index (κ2) is 2.18. The van der Waals surface area contributed by atoms with E-state index in [0.29, 0.717) is 6.41 Å². The maximum Gasteiger partial charge on any atom is 0.249 e. The average Bonchev–Trinajstić information content (AvgIpc) is 1.80. The first kappa shape index (κ1) is 7.95. The molecule has 0 unspecified atom stereocenters. The summed E-state index contributed by atoms with van der Waals surface area (Å²) in [5.74, 6) is -2.42. The molecule has 0 heterocycles. The molecule has 2 aliphatic rings. The van der Waals surface area contributed by atoms with E-state index in [4.69, 9.17) is 0 Å². The van der Waals surface area contributed by atoms with Crippen LogP contribution in [0, 0.1) is 5.41 Å². The number of hydrogen-bond acceptors (Lipinski definition) is 1. The Hall–Kier alpha value is -0.670. The van der Waals surface area contributed by atoms with Crippen molar-refractivity contribution in [3.8, 4) is 0 Å². The Labute approximate surface area is 69.3 Å². The van der Waals surface area contributed by atoms with Crippen LogP contribution in [0.5, 0.6) is 0 Å². The summed E-state index contributed by atoms with van der Waals surface area (Å²) >= 11 is 0. The fraction of sp³-hybridized carbons (Fsp3) is 0.875. The van der Waals surface area contributed by atoms with E-state index in [2.05, 4.69) is 5.32 Å². The molecule has 2 aliphatic carbocycles. The molecule has 2 rings (SSSR count). The molecule has 1 N–H and O–H groups in total. The van der Waals surface area contributed by atoms with Crippen LogP contribution >= 0.6 is 0 Å². The normalized spacial score (nSPS) is 30.5. The lowest BCUT2D eigenvalue weighted by molar-refractivity contribution is -0.197. The monoisotopic (exact) mass is 175 g/mol. The zero-order valence-electron chi connectivity index (χ0n) is 6.65. The molecule has 0 aliphatic heterocycles. The van der Waals surface area contributed by atoms with Crippen LogP contribution in [-0.4, -0.2) is 18.4 Å². The molecule has 0 bridgehead atoms. The molecule has 2 nitrogen and oxygen atoms in total. The molecule has 2 fully saturated rings. The van der Waals surface area contributed by atoms with E-state index in [0.717, 1.165) is 12.8 Å². The van der Waals surface area contributed by atoms with Gasteiger partial charge >= 0.3 is 0 Å². The molecule has 0 radical (unpaired) electrons. The van der Waals surface area contributed by atoms with Crippen LogP contribution in [0.3, 0.4) is 0 Å². The van der Waals surface area contributed by atoms with E-state index in [-0.39, 0.29) is 24.3 Å². The zero-order valence-corrected chi connectivity index (χ0v) is 6.65. The summed E-state index contributed by atoms with van der Waals surface area (Å²) < 4.78 is 25.0. The first-order chi connectivity index (χ1) is 5.55. The van der Waals surface area contributed by atoms with Crippen molar-refractivity contribution in [3.63, 3.8) is 0 Å². The number of nitrogens with one attached hydrogen (secondary N) is 1. The quantitative estimate of drug-likeness (QED) is 0.630. The van der Waals surface area contributed by atoms with E-state index in [1.165, 1.54) is 0 Å². The van der Waals surface area contributed by atoms with Crippen LogP contribution in [-0.2, 0) is 4.79 Å². The molecule has 4 heteroatoms. The van der Waals surface area contributed by atoms with Crippen LogP contribution < -0.4 is 5.32 Å². The first-order valence-corrected chi connectivity index (χ1v) is 4.13. The van der Waals surface area contributed by atoms with E-state index in [1.807, 2.05) is 0 Å². The van der Waals surface area contributed by atoms with Gasteiger partial charge in [-0.05, 0) is 18.3 Å². The van der Waals surface area contributed by atoms with Gasteiger partial charge in [-0.3, -0.25) is 4.79 Å². The Morgan fingerprint density at radius 1 is 1.33 bits per heavy atom. The predicted molar refractivity (Wildman–Crippen MR) is 38.8 cm³/mol. The summed E-state index contributed by atoms with van der Waals surface area (Å²) in [6, 6.07) is 0.151. The summed E-state index contributed by atoms with van der Waals surface area (Å²) in [6.45, 7) is 0. The minimum Gasteiger partial charge on any atom is -0.356 e. The average molecular weight is 175 g/mol. The smallest absolute Gasteiger partial charge is 0.249 e. The van der Waals surface area contributed by atoms with Gasteiger partial charge in [0, 0.05) is 18.9 Å². The fourth-order valence-electron chi connectivity index (χ4n) is 2.53. The number of carbonyl (C=O) groups excluding carboxylic acids is 1. The van der Waals surface area contributed by atoms with E-state index in [9.17, 15) is 13.6 Å². The molecular weight excluding hydrogens is 164 g/mol. The number of carbonyl (C=O) groups is 1. The third-order valence-electron chi connectivity index (χ3n) is 2.93. The minimum atomic E-state index is -2.42. The molecule has 68 valence electrons. The molecule has 0 aromatic rings. The molecule has 1 spiro atoms. The lowest BCUT2D eigenvalue weighted by atomic mass is 9.52. The number of rotatable bonds is 2. The molecule has 0 atom stereocenters. The van der Waals surface area contributed by atoms with Crippen LogP contribution in [0.4, 0.5) is 8.78 Å². The lowest BCUT2D eigenvalue weighted by Crippen LogP contribution is -2.58. The van der Waals surface area contributed by atoms with Crippen LogP contribution in [0.15, 0.2) is 0 Å². The van der Waals surface area contributed by atoms with Crippen LogP contribution in [0.25, 0.3) is 0 Å². The summed E-state index contributed by atoms with van der Waals surface area (Å²) in [4.78, 5) is 9.99. The second-order valence-electron chi connectivity index (χ2n) is 4.10. The van der Waals surface area contributed by atoms with Gasteiger partial charge in [0.15, 0.2) is 0 Å². The highest BCUT2D eigenvalue weighted by Gasteiger charge is 2.61. The highest BCUT2D eigenvalue weighted by molar-refractivity contribution is 5.47. The fourth-order valence-corrected chi connectivity index (χ4v) is 2.53. The first-order valence-electron chi connectivity index (χ1n) is 4.13. The maximum atomic E-state index is 12.5. The predicted octanol–water partition coefficient (Wildman–Crippen LogP) is 1.31. The van der Waals surface area contributed by atoms with E-state index in [1.54, 1.807) is 0 Å². The van der Waals surface area contributed by atoms with Crippen molar-refractivity contribution in [2.24, 2.45) is 5.41 Å². The molecule has 0 aromatic heterocycles. The van der Waals surface area contributed by atoms with Crippen molar-refractivity contribution < 1.29 is 13.6 Å². The Bertz CT molecular complexity index is 201. The molecule has 12 heavy (non-hydrogen) atoms. The van der Waals surface area contributed by atoms with Crippen molar-refractivity contribution in [2.75, 3.05) is 0 Å². The van der Waals surface area contributed by atoms with Gasteiger partial charge in [0.1, 0.15) is 0 Å². The Balaban J connectivity index is 1.79. The number of halogens is 2. The molecule has 0 aromatic carbocycles. The Kier molecular flexibility index (Phi) is 1.44. The number of hydrogen-bond donors (Lipinski definition) is 1. The van der Waals surface area contributed by atoms with Gasteiger partial charge < -0.3 is 5.32 Å². The standard InChI is InChI=1S/C8H11F2NO/c9-8(10)3-7(4-8)1-6(2-7)11-5-12/h5-6H,1-4H2,(H,11,12). The van der Waals surface area contributed by atoms with Crippen LogP contribution in [0.2, 0.25) is 0 Å². The van der Waals surface area contributed by atoms with Crippen molar-refractivity contribution in [2.45, 2.75) is 37.6 Å². The molecular formula is C8H11F2NO. The van der Waals surface area contributed by atoms with Crippen molar-refractivity contribution in [3.05, 3.63) is 0 Å². The summed E-state index contributed by atoms with van der Waals surface area (Å²) in [7, 11) is 0. The van der Waals surface area contributed by atoms with Crippen molar-refractivity contribution >= 4 is 6.41 Å². The van der Waals surface area contributed by atoms with Gasteiger partial charge in [0.05, 0.1) is 0 Å². The summed E-state index contributed by atoms with van der Waals surface area (Å²) in [5.41, 5.74) is -0.121. The van der Waals surface area contributed by atoms with E-state index >= 15 is 0 Å². The maximum absolute atomic E-state index is 12.5. The Morgan fingerprint density at radius 3 is 2.33 bits per heavy atom. The van der Waals surface area contributed by atoms with E-state index < -0.39 is 5.92 Å². The SMILES string of the molecule is O=CNC1CC2(C1)CC(F)(F)C2. The summed E-state index contributed by atoms with van der Waals surface area (Å²) in [6.07, 6.45) is 2.17. The lowest BCUT2D eigenvalue weighted by Gasteiger charge is -2.57. The van der Waals surface area contributed by atoms with Crippen molar-refractivity contribution in [1.82, 2.24) is 5.32 Å². The van der Waals surface area contributed by atoms with Crippen molar-refractivity contribution in [1.29, 1.82) is 0 Å². The third-order valence-corrected chi connectivity index (χ3v) is 2.93. The topological polar surface area (TPSA) is 29.1 Å². The van der Waals surface area contributed by atoms with Gasteiger partial charge in [-0.1, -0.05) is 0 Å². The summed E-state index contributed by atoms with van der Waals surface area (Å²) in [5, 5.41) is 2.61. The highest BCUT2D eigenvalue weighted by atomic mass is 19.3.